The van der Waals surface area contributed by atoms with E-state index in [0.717, 1.165) is 5.56 Å². The normalized spacial score (nSPS) is 36.5. The van der Waals surface area contributed by atoms with Gasteiger partial charge in [0.2, 0.25) is 6.79 Å². The highest BCUT2D eigenvalue weighted by atomic mass is 16.7. The van der Waals surface area contributed by atoms with Crippen LogP contribution in [0.15, 0.2) is 42.7 Å². The Morgan fingerprint density at radius 3 is 2.74 bits per heavy atom. The maximum Gasteiger partial charge on any atom is 0.231 e. The minimum absolute atomic E-state index is 0.138. The van der Waals surface area contributed by atoms with E-state index in [1.165, 1.54) is 14.2 Å². The van der Waals surface area contributed by atoms with E-state index in [2.05, 4.69) is 6.58 Å². The lowest BCUT2D eigenvalue weighted by Gasteiger charge is -2.40. The highest BCUT2D eigenvalue weighted by Crippen LogP contribution is 2.63. The zero-order valence-corrected chi connectivity index (χ0v) is 15.7. The fourth-order valence-corrected chi connectivity index (χ4v) is 5.14. The first-order valence-electron chi connectivity index (χ1n) is 9.01. The minimum Gasteiger partial charge on any atom is -0.499 e. The summed E-state index contributed by atoms with van der Waals surface area (Å²) in [6.07, 6.45) is 2.74. The Labute approximate surface area is 158 Å². The lowest BCUT2D eigenvalue weighted by Crippen LogP contribution is -2.57. The summed E-state index contributed by atoms with van der Waals surface area (Å²) in [5.74, 6) is 0.984. The second kappa shape index (κ2) is 6.11. The number of carbonyl (C=O) groups excluding carboxylic acids is 1. The molecule has 0 radical (unpaired) electrons. The molecule has 27 heavy (non-hydrogen) atoms. The van der Waals surface area contributed by atoms with Crippen molar-refractivity contribution in [1.82, 2.24) is 0 Å². The molecular weight excluding hydrogens is 348 g/mol. The van der Waals surface area contributed by atoms with Crippen molar-refractivity contribution >= 4 is 5.78 Å². The predicted octanol–water partition coefficient (Wildman–Crippen LogP) is 2.57. The zero-order chi connectivity index (χ0) is 19.4. The molecule has 3 aliphatic rings. The SMILES string of the molecule is C=CC[C@@]12C=C(OC)[C@@H](O)[C@@](OC)(C1=O)[C@H](c1ccc3c(c1)OCO3)[C@H]2C. The van der Waals surface area contributed by atoms with Crippen molar-refractivity contribution in [3.63, 3.8) is 0 Å². The quantitative estimate of drug-likeness (QED) is 0.801. The van der Waals surface area contributed by atoms with E-state index >= 15 is 0 Å². The van der Waals surface area contributed by atoms with Crippen LogP contribution in [0, 0.1) is 11.3 Å². The maximum absolute atomic E-state index is 13.7. The highest BCUT2D eigenvalue weighted by molar-refractivity contribution is 6.01. The number of benzene rings is 1. The molecule has 1 heterocycles. The molecule has 6 heteroatoms. The van der Waals surface area contributed by atoms with Crippen molar-refractivity contribution in [1.29, 1.82) is 0 Å². The van der Waals surface area contributed by atoms with Gasteiger partial charge in [0, 0.05) is 13.0 Å². The molecule has 5 atom stereocenters. The summed E-state index contributed by atoms with van der Waals surface area (Å²) in [6.45, 7) is 6.02. The molecule has 6 nitrogen and oxygen atoms in total. The number of methoxy groups -OCH3 is 2. The van der Waals surface area contributed by atoms with Crippen LogP contribution in [-0.2, 0) is 14.3 Å². The Hall–Kier alpha value is -2.31. The molecule has 144 valence electrons. The van der Waals surface area contributed by atoms with Crippen LogP contribution in [0.5, 0.6) is 11.5 Å². The predicted molar refractivity (Wildman–Crippen MR) is 97.6 cm³/mol. The smallest absolute Gasteiger partial charge is 0.231 e. The van der Waals surface area contributed by atoms with Crippen molar-refractivity contribution in [2.45, 2.75) is 31.0 Å². The Morgan fingerprint density at radius 2 is 2.07 bits per heavy atom. The fourth-order valence-electron chi connectivity index (χ4n) is 5.14. The summed E-state index contributed by atoms with van der Waals surface area (Å²) >= 11 is 0. The summed E-state index contributed by atoms with van der Waals surface area (Å²) in [5.41, 5.74) is -1.42. The van der Waals surface area contributed by atoms with Gasteiger partial charge in [-0.3, -0.25) is 4.79 Å². The van der Waals surface area contributed by atoms with Gasteiger partial charge in [-0.15, -0.1) is 6.58 Å². The Morgan fingerprint density at radius 1 is 1.33 bits per heavy atom. The van der Waals surface area contributed by atoms with E-state index in [0.29, 0.717) is 23.7 Å². The third-order valence-corrected chi connectivity index (χ3v) is 6.44. The van der Waals surface area contributed by atoms with Crippen LogP contribution >= 0.6 is 0 Å². The molecule has 0 saturated heterocycles. The number of Topliss-reactive ketones (excluding diaryl/α,β-unsaturated/α-hetero) is 1. The van der Waals surface area contributed by atoms with Crippen LogP contribution in [0.25, 0.3) is 0 Å². The van der Waals surface area contributed by atoms with Gasteiger partial charge < -0.3 is 24.1 Å². The van der Waals surface area contributed by atoms with Gasteiger partial charge in [0.15, 0.2) is 22.9 Å². The molecule has 1 saturated carbocycles. The lowest BCUT2D eigenvalue weighted by atomic mass is 9.70. The molecule has 0 aromatic heterocycles. The minimum atomic E-state index is -1.43. The maximum atomic E-state index is 13.7. The summed E-state index contributed by atoms with van der Waals surface area (Å²) < 4.78 is 22.2. The number of aliphatic hydroxyl groups excluding tert-OH is 1. The first-order chi connectivity index (χ1) is 13.0. The summed E-state index contributed by atoms with van der Waals surface area (Å²) in [4.78, 5) is 13.7. The van der Waals surface area contributed by atoms with Crippen LogP contribution in [0.2, 0.25) is 0 Å². The number of fused-ring (bicyclic) bond motifs is 3. The van der Waals surface area contributed by atoms with E-state index in [4.69, 9.17) is 18.9 Å². The molecule has 1 aromatic rings. The number of hydrogen-bond acceptors (Lipinski definition) is 6. The van der Waals surface area contributed by atoms with Crippen molar-refractivity contribution < 1.29 is 28.8 Å². The highest BCUT2D eigenvalue weighted by Gasteiger charge is 2.72. The molecule has 1 fully saturated rings. The number of ketones is 1. The van der Waals surface area contributed by atoms with E-state index in [9.17, 15) is 9.90 Å². The van der Waals surface area contributed by atoms with Crippen LogP contribution in [-0.4, -0.2) is 43.6 Å². The number of allylic oxidation sites excluding steroid dienone is 2. The molecule has 2 bridgehead atoms. The van der Waals surface area contributed by atoms with Crippen molar-refractivity contribution in [3.8, 4) is 11.5 Å². The van der Waals surface area contributed by atoms with Crippen LogP contribution < -0.4 is 9.47 Å². The van der Waals surface area contributed by atoms with Gasteiger partial charge in [0.25, 0.3) is 0 Å². The van der Waals surface area contributed by atoms with E-state index < -0.39 is 17.1 Å². The van der Waals surface area contributed by atoms with Crippen LogP contribution in [0.3, 0.4) is 0 Å². The lowest BCUT2D eigenvalue weighted by molar-refractivity contribution is -0.161. The molecule has 1 aliphatic heterocycles. The molecule has 1 aromatic carbocycles. The first-order valence-corrected chi connectivity index (χ1v) is 9.01. The Kier molecular flexibility index (Phi) is 4.09. The molecule has 4 rings (SSSR count). The average Bonchev–Trinajstić information content (AvgIpc) is 3.18. The van der Waals surface area contributed by atoms with Gasteiger partial charge >= 0.3 is 0 Å². The number of aliphatic hydroxyl groups is 1. The number of ether oxygens (including phenoxy) is 4. The average molecular weight is 372 g/mol. The number of hydrogen-bond donors (Lipinski definition) is 1. The third-order valence-electron chi connectivity index (χ3n) is 6.44. The summed E-state index contributed by atoms with van der Waals surface area (Å²) in [6, 6.07) is 5.61. The van der Waals surface area contributed by atoms with Crippen molar-refractivity contribution in [2.75, 3.05) is 21.0 Å². The zero-order valence-electron chi connectivity index (χ0n) is 15.7. The Balaban J connectivity index is 1.93. The van der Waals surface area contributed by atoms with Crippen LogP contribution in [0.1, 0.15) is 24.8 Å². The number of rotatable bonds is 5. The standard InChI is InChI=1S/C21H24O6/c1-5-8-20-10-16(24-3)18(22)21(25-4,19(20)23)17(12(20)2)13-6-7-14-15(9-13)27-11-26-14/h5-7,9-10,12,17-18,22H,1,8,11H2,2-4H3/t12-,17+,18-,20+,21-/m1/s1. The van der Waals surface area contributed by atoms with E-state index in [-0.39, 0.29) is 24.4 Å². The molecular formula is C21H24O6. The second-order valence-electron chi connectivity index (χ2n) is 7.39. The molecule has 1 N–H and O–H groups in total. The van der Waals surface area contributed by atoms with Gasteiger partial charge in [0.1, 0.15) is 11.9 Å². The Bertz CT molecular complexity index is 830. The van der Waals surface area contributed by atoms with Crippen molar-refractivity contribution in [2.24, 2.45) is 11.3 Å². The van der Waals surface area contributed by atoms with Gasteiger partial charge in [-0.05, 0) is 36.1 Å². The largest absolute Gasteiger partial charge is 0.499 e. The topological polar surface area (TPSA) is 74.2 Å². The number of carbonyl (C=O) groups is 1. The fraction of sp³-hybridized carbons (Fsp3) is 0.476. The monoisotopic (exact) mass is 372 g/mol. The molecule has 0 spiro atoms. The molecule has 0 amide bonds. The molecule has 2 aliphatic carbocycles. The van der Waals surface area contributed by atoms with Crippen LogP contribution in [0.4, 0.5) is 0 Å². The second-order valence-corrected chi connectivity index (χ2v) is 7.39. The third kappa shape index (κ3) is 2.11. The first kappa shape index (κ1) is 18.1. The van der Waals surface area contributed by atoms with Gasteiger partial charge in [-0.25, -0.2) is 0 Å². The van der Waals surface area contributed by atoms with E-state index in [1.54, 1.807) is 12.2 Å². The van der Waals surface area contributed by atoms with Crippen molar-refractivity contribution in [3.05, 3.63) is 48.3 Å². The molecule has 0 unspecified atom stereocenters. The van der Waals surface area contributed by atoms with E-state index in [1.807, 2.05) is 25.1 Å². The van der Waals surface area contributed by atoms with Gasteiger partial charge in [0.05, 0.1) is 12.5 Å². The van der Waals surface area contributed by atoms with Gasteiger partial charge in [-0.2, -0.15) is 0 Å². The summed E-state index contributed by atoms with van der Waals surface area (Å²) in [7, 11) is 2.96. The summed E-state index contributed by atoms with van der Waals surface area (Å²) in [5, 5.41) is 11.1. The van der Waals surface area contributed by atoms with Gasteiger partial charge in [-0.1, -0.05) is 19.1 Å².